The number of nitrogens with one attached hydrogen (secondary N) is 1. The summed E-state index contributed by atoms with van der Waals surface area (Å²) < 4.78 is 42.6. The number of nitrogens with zero attached hydrogens (tertiary/aromatic N) is 2. The second-order valence-corrected chi connectivity index (χ2v) is 8.10. The van der Waals surface area contributed by atoms with E-state index in [1.807, 2.05) is 13.0 Å². The fourth-order valence-electron chi connectivity index (χ4n) is 4.18. The van der Waals surface area contributed by atoms with Crippen LogP contribution in [0.15, 0.2) is 48.8 Å². The maximum atomic E-state index is 14.3. The maximum absolute atomic E-state index is 14.3. The molecule has 1 saturated carbocycles. The van der Waals surface area contributed by atoms with Gasteiger partial charge in [-0.2, -0.15) is 0 Å². The predicted octanol–water partition coefficient (Wildman–Crippen LogP) is 5.08. The third kappa shape index (κ3) is 4.36. The van der Waals surface area contributed by atoms with E-state index in [4.69, 9.17) is 0 Å². The Bertz CT molecular complexity index is 1130. The Hall–Kier alpha value is -3.26. The van der Waals surface area contributed by atoms with Gasteiger partial charge in [0.2, 0.25) is 0 Å². The van der Waals surface area contributed by atoms with E-state index in [0.717, 1.165) is 48.7 Å². The summed E-state index contributed by atoms with van der Waals surface area (Å²) in [5.74, 6) is -3.28. The number of amides is 1. The van der Waals surface area contributed by atoms with Crippen molar-refractivity contribution in [3.63, 3.8) is 0 Å². The van der Waals surface area contributed by atoms with Gasteiger partial charge in [0.15, 0.2) is 0 Å². The van der Waals surface area contributed by atoms with Gasteiger partial charge in [0.1, 0.15) is 28.8 Å². The highest BCUT2D eigenvalue weighted by Crippen LogP contribution is 2.39. The first-order valence-corrected chi connectivity index (χ1v) is 10.4. The molecule has 8 heteroatoms. The number of rotatable bonds is 4. The first kappa shape index (κ1) is 22.0. The molecule has 0 bridgehead atoms. The van der Waals surface area contributed by atoms with Gasteiger partial charge >= 0.3 is 0 Å². The molecule has 1 aliphatic carbocycles. The number of anilines is 1. The largest absolute Gasteiger partial charge is 0.393 e. The van der Waals surface area contributed by atoms with Crippen molar-refractivity contribution in [1.29, 1.82) is 0 Å². The molecule has 2 N–H and O–H groups in total. The van der Waals surface area contributed by atoms with E-state index in [2.05, 4.69) is 15.3 Å². The van der Waals surface area contributed by atoms with Crippen molar-refractivity contribution in [1.82, 2.24) is 9.97 Å². The van der Waals surface area contributed by atoms with Crippen molar-refractivity contribution in [3.05, 3.63) is 77.5 Å². The number of aliphatic hydroxyl groups is 1. The molecular weight excluding hydrogens is 419 g/mol. The van der Waals surface area contributed by atoms with Gasteiger partial charge in [0, 0.05) is 6.20 Å². The number of carbonyl (C=O) groups is 1. The molecule has 0 unspecified atom stereocenters. The number of halogens is 3. The first-order chi connectivity index (χ1) is 15.3. The summed E-state index contributed by atoms with van der Waals surface area (Å²) >= 11 is 0. The molecular formula is C24H22F3N3O2. The lowest BCUT2D eigenvalue weighted by molar-refractivity contribution is 0.0712. The molecule has 0 aliphatic heterocycles. The molecule has 5 nitrogen and oxygen atoms in total. The predicted molar refractivity (Wildman–Crippen MR) is 114 cm³/mol. The van der Waals surface area contributed by atoms with Crippen molar-refractivity contribution in [3.8, 4) is 11.3 Å². The van der Waals surface area contributed by atoms with E-state index in [1.165, 1.54) is 6.20 Å². The van der Waals surface area contributed by atoms with E-state index in [-0.39, 0.29) is 23.6 Å². The monoisotopic (exact) mass is 441 g/mol. The zero-order valence-electron chi connectivity index (χ0n) is 17.4. The topological polar surface area (TPSA) is 75.1 Å². The summed E-state index contributed by atoms with van der Waals surface area (Å²) in [6.45, 7) is 1.99. The fourth-order valence-corrected chi connectivity index (χ4v) is 4.18. The zero-order valence-corrected chi connectivity index (χ0v) is 17.4. The van der Waals surface area contributed by atoms with Gasteiger partial charge in [-0.15, -0.1) is 0 Å². The van der Waals surface area contributed by atoms with E-state index in [0.29, 0.717) is 12.1 Å². The summed E-state index contributed by atoms with van der Waals surface area (Å²) in [6, 6.07) is 7.09. The lowest BCUT2D eigenvalue weighted by Gasteiger charge is -2.32. The van der Waals surface area contributed by atoms with Gasteiger partial charge in [-0.05, 0) is 67.0 Å². The minimum absolute atomic E-state index is 0.127. The van der Waals surface area contributed by atoms with Gasteiger partial charge < -0.3 is 10.4 Å². The zero-order chi connectivity index (χ0) is 22.8. The Morgan fingerprint density at radius 2 is 1.81 bits per heavy atom. The molecule has 32 heavy (non-hydrogen) atoms. The van der Waals surface area contributed by atoms with Crippen molar-refractivity contribution < 1.29 is 23.1 Å². The Labute approximate surface area is 183 Å². The fraction of sp³-hybridized carbons (Fsp3) is 0.292. The SMILES string of the molecule is C[C@H]1C[C@@H](c2ccncc2NC(=O)c2ccc(F)c(-c3c(F)cccc3F)n2)CC[C@@H]1O. The van der Waals surface area contributed by atoms with Crippen LogP contribution in [0.1, 0.15) is 48.2 Å². The number of pyridine rings is 2. The number of hydrogen-bond acceptors (Lipinski definition) is 4. The quantitative estimate of drug-likeness (QED) is 0.592. The summed E-state index contributed by atoms with van der Waals surface area (Å²) in [5.41, 5.74) is -0.0251. The molecule has 1 aliphatic rings. The minimum Gasteiger partial charge on any atom is -0.393 e. The van der Waals surface area contributed by atoms with Gasteiger partial charge in [-0.3, -0.25) is 9.78 Å². The Morgan fingerprint density at radius 1 is 1.06 bits per heavy atom. The van der Waals surface area contributed by atoms with Crippen LogP contribution in [0.5, 0.6) is 0 Å². The van der Waals surface area contributed by atoms with E-state index in [1.54, 1.807) is 6.20 Å². The van der Waals surface area contributed by atoms with Crippen LogP contribution in [0, 0.1) is 23.4 Å². The van der Waals surface area contributed by atoms with E-state index in [9.17, 15) is 23.1 Å². The summed E-state index contributed by atoms with van der Waals surface area (Å²) in [7, 11) is 0. The summed E-state index contributed by atoms with van der Waals surface area (Å²) in [4.78, 5) is 20.9. The Morgan fingerprint density at radius 3 is 2.53 bits per heavy atom. The number of aromatic nitrogens is 2. The third-order valence-corrected chi connectivity index (χ3v) is 5.95. The van der Waals surface area contributed by atoms with Crippen LogP contribution in [-0.2, 0) is 0 Å². The van der Waals surface area contributed by atoms with Crippen LogP contribution in [0.4, 0.5) is 18.9 Å². The standard InChI is InChI=1S/C24H22F3N3O2/c1-13-11-14(5-8-21(13)31)15-9-10-28-12-20(15)30-24(32)19-7-6-18(27)23(29-19)22-16(25)3-2-4-17(22)26/h2-4,6-7,9-10,12-14,21,31H,5,8,11H2,1H3,(H,30,32)/t13-,14-,21-/m0/s1. The molecule has 0 radical (unpaired) electrons. The lowest BCUT2D eigenvalue weighted by atomic mass is 9.77. The van der Waals surface area contributed by atoms with E-state index >= 15 is 0 Å². The average Bonchev–Trinajstić information content (AvgIpc) is 2.77. The normalized spacial score (nSPS) is 20.7. The highest BCUT2D eigenvalue weighted by molar-refractivity contribution is 6.03. The smallest absolute Gasteiger partial charge is 0.274 e. The first-order valence-electron chi connectivity index (χ1n) is 10.4. The molecule has 0 spiro atoms. The van der Waals surface area contributed by atoms with Crippen molar-refractivity contribution >= 4 is 11.6 Å². The minimum atomic E-state index is -0.975. The van der Waals surface area contributed by atoms with Gasteiger partial charge in [-0.25, -0.2) is 18.2 Å². The number of carbonyl (C=O) groups excluding carboxylic acids is 1. The Kier molecular flexibility index (Phi) is 6.23. The maximum Gasteiger partial charge on any atom is 0.274 e. The summed E-state index contributed by atoms with van der Waals surface area (Å²) in [6.07, 6.45) is 5.01. The second kappa shape index (κ2) is 9.08. The molecule has 1 fully saturated rings. The molecule has 3 aromatic rings. The molecule has 166 valence electrons. The number of hydrogen-bond donors (Lipinski definition) is 2. The molecule has 2 heterocycles. The van der Waals surface area contributed by atoms with Crippen LogP contribution in [0.2, 0.25) is 0 Å². The average molecular weight is 441 g/mol. The highest BCUT2D eigenvalue weighted by Gasteiger charge is 2.29. The van der Waals surface area contributed by atoms with Crippen LogP contribution in [0.3, 0.4) is 0 Å². The van der Waals surface area contributed by atoms with Gasteiger partial charge in [0.05, 0.1) is 23.6 Å². The highest BCUT2D eigenvalue weighted by atomic mass is 19.1. The number of aliphatic hydroxyl groups excluding tert-OH is 1. The lowest BCUT2D eigenvalue weighted by Crippen LogP contribution is -2.26. The van der Waals surface area contributed by atoms with Gasteiger partial charge in [0.25, 0.3) is 5.91 Å². The van der Waals surface area contributed by atoms with Crippen LogP contribution < -0.4 is 5.32 Å². The Balaban J connectivity index is 1.62. The van der Waals surface area contributed by atoms with Crippen LogP contribution in [0.25, 0.3) is 11.3 Å². The third-order valence-electron chi connectivity index (χ3n) is 5.95. The van der Waals surface area contributed by atoms with Crippen LogP contribution in [-0.4, -0.2) is 27.1 Å². The van der Waals surface area contributed by atoms with Crippen molar-refractivity contribution in [2.75, 3.05) is 5.32 Å². The molecule has 1 amide bonds. The summed E-state index contributed by atoms with van der Waals surface area (Å²) in [5, 5.41) is 12.8. The van der Waals surface area contributed by atoms with Gasteiger partial charge in [-0.1, -0.05) is 13.0 Å². The molecule has 3 atom stereocenters. The molecule has 4 rings (SSSR count). The number of benzene rings is 1. The van der Waals surface area contributed by atoms with Crippen molar-refractivity contribution in [2.45, 2.75) is 38.2 Å². The van der Waals surface area contributed by atoms with Crippen LogP contribution >= 0.6 is 0 Å². The molecule has 1 aromatic carbocycles. The van der Waals surface area contributed by atoms with Crippen molar-refractivity contribution in [2.24, 2.45) is 5.92 Å². The van der Waals surface area contributed by atoms with E-state index < -0.39 is 34.6 Å². The second-order valence-electron chi connectivity index (χ2n) is 8.10. The molecule has 0 saturated heterocycles. The molecule has 2 aromatic heterocycles.